The highest BCUT2D eigenvalue weighted by molar-refractivity contribution is 6.31. The van der Waals surface area contributed by atoms with Crippen LogP contribution in [0.4, 0.5) is 0 Å². The molecule has 0 fully saturated rings. The zero-order valence-corrected chi connectivity index (χ0v) is 15.1. The fourth-order valence-electron chi connectivity index (χ4n) is 2.62. The third-order valence-corrected chi connectivity index (χ3v) is 4.16. The Labute approximate surface area is 147 Å². The van der Waals surface area contributed by atoms with E-state index in [1.54, 1.807) is 18.2 Å². The van der Waals surface area contributed by atoms with E-state index in [9.17, 15) is 9.59 Å². The van der Waals surface area contributed by atoms with Gasteiger partial charge in [-0.05, 0) is 37.5 Å². The second-order valence-corrected chi connectivity index (χ2v) is 7.07. The van der Waals surface area contributed by atoms with Crippen LogP contribution in [-0.4, -0.2) is 21.5 Å². The van der Waals surface area contributed by atoms with Crippen molar-refractivity contribution >= 4 is 28.4 Å². The van der Waals surface area contributed by atoms with Crippen LogP contribution in [0.25, 0.3) is 10.9 Å². The number of fused-ring (bicyclic) bond motifs is 1. The van der Waals surface area contributed by atoms with Crippen molar-refractivity contribution in [1.29, 1.82) is 0 Å². The maximum atomic E-state index is 12.4. The first-order valence-corrected chi connectivity index (χ1v) is 8.68. The van der Waals surface area contributed by atoms with Gasteiger partial charge in [0.15, 0.2) is 0 Å². The highest BCUT2D eigenvalue weighted by atomic mass is 35.5. The standard InChI is InChI=1S/C18H24ClN3O2/c1-12(2)5-4-6-13(3)21-17(23)10-22-11-20-16-8-7-14(19)9-15(16)18(22)24/h7-9,11-13H,4-6,10H2,1-3H3,(H,21,23)/t13-/m0/s1. The number of hydrogen-bond donors (Lipinski definition) is 1. The van der Waals surface area contributed by atoms with Crippen molar-refractivity contribution in [2.24, 2.45) is 5.92 Å². The summed E-state index contributed by atoms with van der Waals surface area (Å²) in [4.78, 5) is 28.8. The maximum absolute atomic E-state index is 12.4. The zero-order valence-electron chi connectivity index (χ0n) is 14.4. The third-order valence-electron chi connectivity index (χ3n) is 3.93. The van der Waals surface area contributed by atoms with E-state index >= 15 is 0 Å². The summed E-state index contributed by atoms with van der Waals surface area (Å²) in [6, 6.07) is 5.05. The Kier molecular flexibility index (Phi) is 6.37. The van der Waals surface area contributed by atoms with Crippen molar-refractivity contribution in [1.82, 2.24) is 14.9 Å². The number of nitrogens with one attached hydrogen (secondary N) is 1. The normalized spacial score (nSPS) is 12.5. The summed E-state index contributed by atoms with van der Waals surface area (Å²) < 4.78 is 1.31. The van der Waals surface area contributed by atoms with Crippen LogP contribution in [0.3, 0.4) is 0 Å². The molecule has 5 nitrogen and oxygen atoms in total. The minimum absolute atomic E-state index is 0.0389. The predicted molar refractivity (Wildman–Crippen MR) is 97.3 cm³/mol. The lowest BCUT2D eigenvalue weighted by Crippen LogP contribution is -2.37. The van der Waals surface area contributed by atoms with Gasteiger partial charge >= 0.3 is 0 Å². The van der Waals surface area contributed by atoms with E-state index in [1.807, 2.05) is 6.92 Å². The van der Waals surface area contributed by atoms with Gasteiger partial charge in [-0.2, -0.15) is 0 Å². The van der Waals surface area contributed by atoms with Crippen molar-refractivity contribution in [3.8, 4) is 0 Å². The van der Waals surface area contributed by atoms with Crippen molar-refractivity contribution in [3.63, 3.8) is 0 Å². The molecule has 0 radical (unpaired) electrons. The Bertz CT molecular complexity index is 770. The Hall–Kier alpha value is -1.88. The Morgan fingerprint density at radius 3 is 2.75 bits per heavy atom. The van der Waals surface area contributed by atoms with Crippen LogP contribution in [0, 0.1) is 5.92 Å². The van der Waals surface area contributed by atoms with E-state index in [4.69, 9.17) is 11.6 Å². The lowest BCUT2D eigenvalue weighted by Gasteiger charge is -2.15. The summed E-state index contributed by atoms with van der Waals surface area (Å²) in [5, 5.41) is 3.83. The number of hydrogen-bond acceptors (Lipinski definition) is 3. The van der Waals surface area contributed by atoms with Gasteiger partial charge in [0.05, 0.1) is 17.2 Å². The molecule has 0 aliphatic heterocycles. The molecule has 0 spiro atoms. The van der Waals surface area contributed by atoms with Crippen LogP contribution >= 0.6 is 11.6 Å². The highest BCUT2D eigenvalue weighted by Gasteiger charge is 2.11. The van der Waals surface area contributed by atoms with Gasteiger partial charge in [0.25, 0.3) is 5.56 Å². The van der Waals surface area contributed by atoms with Gasteiger partial charge in [0.1, 0.15) is 6.54 Å². The van der Waals surface area contributed by atoms with Crippen molar-refractivity contribution in [2.45, 2.75) is 52.6 Å². The van der Waals surface area contributed by atoms with Gasteiger partial charge in [0.2, 0.25) is 5.91 Å². The van der Waals surface area contributed by atoms with E-state index in [1.165, 1.54) is 10.9 Å². The van der Waals surface area contributed by atoms with Gasteiger partial charge < -0.3 is 5.32 Å². The Balaban J connectivity index is 2.00. The summed E-state index contributed by atoms with van der Waals surface area (Å²) in [5.41, 5.74) is 0.313. The summed E-state index contributed by atoms with van der Waals surface area (Å²) >= 11 is 5.93. The van der Waals surface area contributed by atoms with Gasteiger partial charge in [-0.1, -0.05) is 38.3 Å². The number of halogens is 1. The molecule has 24 heavy (non-hydrogen) atoms. The Morgan fingerprint density at radius 1 is 1.29 bits per heavy atom. The van der Waals surface area contributed by atoms with Crippen molar-refractivity contribution in [2.75, 3.05) is 0 Å². The van der Waals surface area contributed by atoms with Crippen LogP contribution in [0.1, 0.15) is 40.0 Å². The summed E-state index contributed by atoms with van der Waals surface area (Å²) in [6.07, 6.45) is 4.57. The Morgan fingerprint density at radius 2 is 2.04 bits per heavy atom. The first-order valence-electron chi connectivity index (χ1n) is 8.31. The molecular weight excluding hydrogens is 326 g/mol. The molecule has 1 aromatic carbocycles. The van der Waals surface area contributed by atoms with Crippen LogP contribution in [-0.2, 0) is 11.3 Å². The number of carbonyl (C=O) groups excluding carboxylic acids is 1. The van der Waals surface area contributed by atoms with Gasteiger partial charge in [-0.25, -0.2) is 4.98 Å². The fraction of sp³-hybridized carbons (Fsp3) is 0.500. The second kappa shape index (κ2) is 8.29. The summed E-state index contributed by atoms with van der Waals surface area (Å²) in [7, 11) is 0. The quantitative estimate of drug-likeness (QED) is 0.833. The van der Waals surface area contributed by atoms with E-state index in [2.05, 4.69) is 24.1 Å². The molecule has 1 aromatic heterocycles. The molecule has 0 saturated carbocycles. The minimum Gasteiger partial charge on any atom is -0.352 e. The maximum Gasteiger partial charge on any atom is 0.261 e. The van der Waals surface area contributed by atoms with E-state index in [-0.39, 0.29) is 24.1 Å². The third kappa shape index (κ3) is 5.06. The van der Waals surface area contributed by atoms with Crippen LogP contribution in [0.2, 0.25) is 5.02 Å². The number of carbonyl (C=O) groups is 1. The molecule has 1 N–H and O–H groups in total. The monoisotopic (exact) mass is 349 g/mol. The average Bonchev–Trinajstić information content (AvgIpc) is 2.50. The predicted octanol–water partition coefficient (Wildman–Crippen LogP) is 3.38. The molecule has 0 unspecified atom stereocenters. The molecule has 0 aliphatic rings. The van der Waals surface area contributed by atoms with Crippen LogP contribution in [0.5, 0.6) is 0 Å². The molecule has 0 aliphatic carbocycles. The number of aromatic nitrogens is 2. The highest BCUT2D eigenvalue weighted by Crippen LogP contribution is 2.14. The molecule has 1 heterocycles. The molecule has 130 valence electrons. The van der Waals surface area contributed by atoms with Gasteiger partial charge in [-0.15, -0.1) is 0 Å². The minimum atomic E-state index is -0.259. The van der Waals surface area contributed by atoms with Gasteiger partial charge in [-0.3, -0.25) is 14.2 Å². The number of rotatable bonds is 7. The van der Waals surface area contributed by atoms with E-state index in [0.29, 0.717) is 21.8 Å². The molecule has 0 saturated heterocycles. The molecule has 2 aromatic rings. The average molecular weight is 350 g/mol. The first kappa shape index (κ1) is 18.5. The molecule has 1 amide bonds. The largest absolute Gasteiger partial charge is 0.352 e. The SMILES string of the molecule is CC(C)CCC[C@H](C)NC(=O)Cn1cnc2ccc(Cl)cc2c1=O. The fourth-order valence-corrected chi connectivity index (χ4v) is 2.80. The topological polar surface area (TPSA) is 64.0 Å². The second-order valence-electron chi connectivity index (χ2n) is 6.63. The summed E-state index contributed by atoms with van der Waals surface area (Å²) in [5.74, 6) is 0.485. The van der Waals surface area contributed by atoms with Crippen LogP contribution < -0.4 is 10.9 Å². The molecule has 0 bridgehead atoms. The van der Waals surface area contributed by atoms with Gasteiger partial charge in [0, 0.05) is 11.1 Å². The zero-order chi connectivity index (χ0) is 17.7. The van der Waals surface area contributed by atoms with E-state index < -0.39 is 0 Å². The van der Waals surface area contributed by atoms with Crippen molar-refractivity contribution in [3.05, 3.63) is 39.9 Å². The number of amides is 1. The molecule has 1 atom stereocenters. The van der Waals surface area contributed by atoms with E-state index in [0.717, 1.165) is 19.3 Å². The lowest BCUT2D eigenvalue weighted by atomic mass is 10.0. The smallest absolute Gasteiger partial charge is 0.261 e. The number of benzene rings is 1. The lowest BCUT2D eigenvalue weighted by molar-refractivity contribution is -0.122. The molecule has 2 rings (SSSR count). The van der Waals surface area contributed by atoms with Crippen LogP contribution in [0.15, 0.2) is 29.3 Å². The number of nitrogens with zero attached hydrogens (tertiary/aromatic N) is 2. The van der Waals surface area contributed by atoms with Crippen molar-refractivity contribution < 1.29 is 4.79 Å². The molecule has 6 heteroatoms. The first-order chi connectivity index (χ1) is 11.4. The summed E-state index contributed by atoms with van der Waals surface area (Å²) in [6.45, 7) is 6.32. The molecular formula is C18H24ClN3O2.